The van der Waals surface area contributed by atoms with Crippen molar-refractivity contribution in [2.24, 2.45) is 7.05 Å². The van der Waals surface area contributed by atoms with E-state index in [1.165, 1.54) is 17.7 Å². The molecule has 18 heavy (non-hydrogen) atoms. The summed E-state index contributed by atoms with van der Waals surface area (Å²) >= 11 is 0. The first kappa shape index (κ1) is 11.2. The zero-order chi connectivity index (χ0) is 12.5. The highest BCUT2D eigenvalue weighted by molar-refractivity contribution is 5.56. The Bertz CT molecular complexity index is 573. The third-order valence-corrected chi connectivity index (χ3v) is 3.30. The van der Waals surface area contributed by atoms with Crippen LogP contribution in [0, 0.1) is 0 Å². The van der Waals surface area contributed by atoms with Crippen LogP contribution in [0.1, 0.15) is 24.6 Å². The van der Waals surface area contributed by atoms with Crippen LogP contribution in [-0.4, -0.2) is 26.1 Å². The molecule has 94 valence electrons. The topological polar surface area (TPSA) is 55.6 Å². The molecule has 0 saturated heterocycles. The van der Waals surface area contributed by atoms with Gasteiger partial charge >= 0.3 is 0 Å². The lowest BCUT2D eigenvalue weighted by atomic mass is 10.2. The van der Waals surface area contributed by atoms with Gasteiger partial charge in [-0.15, -0.1) is 0 Å². The number of rotatable bonds is 3. The molecule has 2 heterocycles. The molecule has 1 N–H and O–H groups in total. The zero-order valence-electron chi connectivity index (χ0n) is 10.8. The number of nitrogens with one attached hydrogen (secondary N) is 1. The van der Waals surface area contributed by atoms with Crippen molar-refractivity contribution in [1.29, 1.82) is 0 Å². The fraction of sp³-hybridized carbons (Fsp3) is 0.462. The maximum absolute atomic E-state index is 4.67. The molecule has 0 aliphatic heterocycles. The Balaban J connectivity index is 2.12. The molecule has 0 unspecified atom stereocenters. The van der Waals surface area contributed by atoms with Crippen LogP contribution in [0.5, 0.6) is 0 Å². The zero-order valence-corrected chi connectivity index (χ0v) is 10.8. The smallest absolute Gasteiger partial charge is 0.198 e. The van der Waals surface area contributed by atoms with Crippen LogP contribution in [0.25, 0.3) is 11.6 Å². The first-order chi connectivity index (χ1) is 8.79. The molecule has 1 aliphatic rings. The Labute approximate surface area is 106 Å². The molecule has 5 nitrogen and oxygen atoms in total. The lowest BCUT2D eigenvalue weighted by Gasteiger charge is -2.10. The van der Waals surface area contributed by atoms with E-state index in [0.717, 1.165) is 36.9 Å². The third-order valence-electron chi connectivity index (χ3n) is 3.30. The number of aryl methyl sites for hydroxylation is 2. The number of anilines is 1. The van der Waals surface area contributed by atoms with Crippen LogP contribution < -0.4 is 5.32 Å². The predicted octanol–water partition coefficient (Wildman–Crippen LogP) is 1.80. The van der Waals surface area contributed by atoms with Gasteiger partial charge in [-0.1, -0.05) is 0 Å². The predicted molar refractivity (Wildman–Crippen MR) is 70.4 cm³/mol. The van der Waals surface area contributed by atoms with Crippen LogP contribution >= 0.6 is 0 Å². The second-order valence-corrected chi connectivity index (χ2v) is 4.57. The minimum Gasteiger partial charge on any atom is -0.370 e. The third kappa shape index (κ3) is 1.75. The Hall–Kier alpha value is -1.91. The Kier molecular flexibility index (Phi) is 2.74. The summed E-state index contributed by atoms with van der Waals surface area (Å²) < 4.78 is 1.95. The molecule has 0 spiro atoms. The number of imidazole rings is 1. The summed E-state index contributed by atoms with van der Waals surface area (Å²) in [4.78, 5) is 13.6. The Morgan fingerprint density at radius 1 is 1.33 bits per heavy atom. The van der Waals surface area contributed by atoms with Crippen molar-refractivity contribution in [2.45, 2.75) is 26.2 Å². The van der Waals surface area contributed by atoms with Gasteiger partial charge in [-0.25, -0.2) is 15.0 Å². The van der Waals surface area contributed by atoms with E-state index >= 15 is 0 Å². The number of fused-ring (bicyclic) bond motifs is 1. The molecular formula is C13H17N5. The standard InChI is InChI=1S/C13H17N5/c1-3-14-11-9-5-4-6-10(9)16-12(17-11)13-15-7-8-18(13)2/h7-8H,3-6H2,1-2H3,(H,14,16,17). The minimum atomic E-state index is 0.721. The second-order valence-electron chi connectivity index (χ2n) is 4.57. The molecule has 2 aromatic rings. The molecule has 2 aromatic heterocycles. The van der Waals surface area contributed by atoms with Crippen LogP contribution in [0.2, 0.25) is 0 Å². The number of hydrogen-bond acceptors (Lipinski definition) is 4. The summed E-state index contributed by atoms with van der Waals surface area (Å²) in [5.74, 6) is 2.53. The summed E-state index contributed by atoms with van der Waals surface area (Å²) in [5, 5.41) is 3.34. The fourth-order valence-corrected chi connectivity index (χ4v) is 2.43. The molecular weight excluding hydrogens is 226 g/mol. The molecule has 0 amide bonds. The highest BCUT2D eigenvalue weighted by atomic mass is 15.1. The van der Waals surface area contributed by atoms with Crippen LogP contribution in [0.15, 0.2) is 12.4 Å². The SMILES string of the molecule is CCNc1nc(-c2nccn2C)nc2c1CCC2. The molecule has 5 heteroatoms. The Morgan fingerprint density at radius 2 is 2.22 bits per heavy atom. The lowest BCUT2D eigenvalue weighted by Crippen LogP contribution is -2.08. The van der Waals surface area contributed by atoms with Crippen molar-refractivity contribution < 1.29 is 0 Å². The maximum Gasteiger partial charge on any atom is 0.198 e. The summed E-state index contributed by atoms with van der Waals surface area (Å²) in [6.07, 6.45) is 7.00. The molecule has 3 rings (SSSR count). The van der Waals surface area contributed by atoms with E-state index in [4.69, 9.17) is 0 Å². The van der Waals surface area contributed by atoms with Crippen LogP contribution in [0.3, 0.4) is 0 Å². The van der Waals surface area contributed by atoms with Gasteiger partial charge in [0, 0.05) is 37.2 Å². The first-order valence-electron chi connectivity index (χ1n) is 6.41. The first-order valence-corrected chi connectivity index (χ1v) is 6.41. The summed E-state index contributed by atoms with van der Waals surface area (Å²) in [6, 6.07) is 0. The van der Waals surface area contributed by atoms with Crippen molar-refractivity contribution in [3.63, 3.8) is 0 Å². The largest absolute Gasteiger partial charge is 0.370 e. The highest BCUT2D eigenvalue weighted by Crippen LogP contribution is 2.28. The second kappa shape index (κ2) is 4.40. The summed E-state index contributed by atoms with van der Waals surface area (Å²) in [5.41, 5.74) is 2.47. The van der Waals surface area contributed by atoms with Crippen molar-refractivity contribution in [1.82, 2.24) is 19.5 Å². The van der Waals surface area contributed by atoms with E-state index in [1.54, 1.807) is 6.20 Å². The van der Waals surface area contributed by atoms with Gasteiger partial charge in [-0.05, 0) is 26.2 Å². The van der Waals surface area contributed by atoms with E-state index in [2.05, 4.69) is 27.2 Å². The molecule has 0 radical (unpaired) electrons. The highest BCUT2D eigenvalue weighted by Gasteiger charge is 2.20. The van der Waals surface area contributed by atoms with Crippen LogP contribution in [0.4, 0.5) is 5.82 Å². The van der Waals surface area contributed by atoms with Gasteiger partial charge in [-0.2, -0.15) is 0 Å². The average molecular weight is 243 g/mol. The quantitative estimate of drug-likeness (QED) is 0.893. The van der Waals surface area contributed by atoms with E-state index in [-0.39, 0.29) is 0 Å². The van der Waals surface area contributed by atoms with Gasteiger partial charge < -0.3 is 9.88 Å². The molecule has 0 bridgehead atoms. The van der Waals surface area contributed by atoms with Crippen molar-refractivity contribution >= 4 is 5.82 Å². The lowest BCUT2D eigenvalue weighted by molar-refractivity contribution is 0.888. The van der Waals surface area contributed by atoms with E-state index in [0.29, 0.717) is 0 Å². The number of nitrogens with zero attached hydrogens (tertiary/aromatic N) is 4. The van der Waals surface area contributed by atoms with E-state index in [9.17, 15) is 0 Å². The van der Waals surface area contributed by atoms with Crippen LogP contribution in [-0.2, 0) is 19.9 Å². The van der Waals surface area contributed by atoms with Gasteiger partial charge in [-0.3, -0.25) is 0 Å². The summed E-state index contributed by atoms with van der Waals surface area (Å²) in [7, 11) is 1.96. The minimum absolute atomic E-state index is 0.721. The molecule has 0 atom stereocenters. The Morgan fingerprint density at radius 3 is 2.94 bits per heavy atom. The number of aromatic nitrogens is 4. The summed E-state index contributed by atoms with van der Waals surface area (Å²) in [6.45, 7) is 2.97. The van der Waals surface area contributed by atoms with Gasteiger partial charge in [0.1, 0.15) is 5.82 Å². The maximum atomic E-state index is 4.67. The van der Waals surface area contributed by atoms with Crippen molar-refractivity contribution in [3.05, 3.63) is 23.7 Å². The average Bonchev–Trinajstić information content (AvgIpc) is 2.97. The van der Waals surface area contributed by atoms with Gasteiger partial charge in [0.2, 0.25) is 0 Å². The number of hydrogen-bond donors (Lipinski definition) is 1. The molecule has 0 saturated carbocycles. The van der Waals surface area contributed by atoms with Gasteiger partial charge in [0.15, 0.2) is 11.6 Å². The van der Waals surface area contributed by atoms with Gasteiger partial charge in [0.05, 0.1) is 0 Å². The molecule has 1 aliphatic carbocycles. The fourth-order valence-electron chi connectivity index (χ4n) is 2.43. The van der Waals surface area contributed by atoms with Crippen molar-refractivity contribution in [2.75, 3.05) is 11.9 Å². The van der Waals surface area contributed by atoms with E-state index in [1.807, 2.05) is 17.8 Å². The van der Waals surface area contributed by atoms with Crippen molar-refractivity contribution in [3.8, 4) is 11.6 Å². The monoisotopic (exact) mass is 243 g/mol. The molecule has 0 aromatic carbocycles. The van der Waals surface area contributed by atoms with Gasteiger partial charge in [0.25, 0.3) is 0 Å². The normalized spacial score (nSPS) is 13.7. The van der Waals surface area contributed by atoms with E-state index < -0.39 is 0 Å². The molecule has 0 fully saturated rings.